The molecule has 1 aliphatic rings. The summed E-state index contributed by atoms with van der Waals surface area (Å²) in [6.07, 6.45) is -0.952. The molecule has 0 saturated carbocycles. The van der Waals surface area contributed by atoms with Crippen molar-refractivity contribution in [2.45, 2.75) is 58.2 Å². The summed E-state index contributed by atoms with van der Waals surface area (Å²) >= 11 is 0. The second-order valence-electron chi connectivity index (χ2n) is 5.80. The van der Waals surface area contributed by atoms with Gasteiger partial charge in [-0.05, 0) is 34.6 Å². The van der Waals surface area contributed by atoms with Gasteiger partial charge < -0.3 is 24.6 Å². The fraction of sp³-hybridized carbons (Fsp3) is 0.917. The van der Waals surface area contributed by atoms with E-state index < -0.39 is 23.5 Å². The van der Waals surface area contributed by atoms with Gasteiger partial charge in [-0.1, -0.05) is 0 Å². The molecular formula is C12H23NO5. The molecule has 6 heteroatoms. The van der Waals surface area contributed by atoms with Crippen molar-refractivity contribution in [3.63, 3.8) is 0 Å². The zero-order valence-electron chi connectivity index (χ0n) is 11.6. The van der Waals surface area contributed by atoms with Crippen LogP contribution in [0.1, 0.15) is 34.6 Å². The van der Waals surface area contributed by atoms with Crippen LogP contribution in [0, 0.1) is 0 Å². The Labute approximate surface area is 108 Å². The molecule has 0 aliphatic carbocycles. The molecule has 0 aromatic rings. The Hall–Kier alpha value is -0.850. The summed E-state index contributed by atoms with van der Waals surface area (Å²) < 4.78 is 16.1. The van der Waals surface area contributed by atoms with Crippen molar-refractivity contribution in [1.29, 1.82) is 0 Å². The first kappa shape index (κ1) is 15.2. The van der Waals surface area contributed by atoms with E-state index in [1.54, 1.807) is 34.6 Å². The lowest BCUT2D eigenvalue weighted by molar-refractivity contribution is -0.142. The largest absolute Gasteiger partial charge is 0.444 e. The molecule has 2 N–H and O–H groups in total. The van der Waals surface area contributed by atoms with Crippen molar-refractivity contribution in [3.05, 3.63) is 0 Å². The number of amides is 1. The van der Waals surface area contributed by atoms with E-state index in [0.717, 1.165) is 0 Å². The summed E-state index contributed by atoms with van der Waals surface area (Å²) in [6, 6.07) is -0.540. The predicted octanol–water partition coefficient (Wildman–Crippen LogP) is 1.02. The van der Waals surface area contributed by atoms with Crippen LogP contribution in [0.3, 0.4) is 0 Å². The molecule has 1 aliphatic heterocycles. The zero-order valence-corrected chi connectivity index (χ0v) is 11.6. The Bertz CT molecular complexity index is 297. The van der Waals surface area contributed by atoms with Gasteiger partial charge in [0, 0.05) is 0 Å². The highest BCUT2D eigenvalue weighted by atomic mass is 16.7. The van der Waals surface area contributed by atoms with E-state index in [0.29, 0.717) is 6.61 Å². The van der Waals surface area contributed by atoms with Crippen LogP contribution in [0.4, 0.5) is 4.79 Å². The first-order valence-electron chi connectivity index (χ1n) is 6.05. The first-order valence-corrected chi connectivity index (χ1v) is 6.05. The van der Waals surface area contributed by atoms with Crippen molar-refractivity contribution < 1.29 is 24.1 Å². The fourth-order valence-corrected chi connectivity index (χ4v) is 1.63. The maximum Gasteiger partial charge on any atom is 0.408 e. The molecule has 1 saturated heterocycles. The molecule has 0 spiro atoms. The number of ether oxygens (including phenoxy) is 3. The summed E-state index contributed by atoms with van der Waals surface area (Å²) in [5.74, 6) is -0.687. The van der Waals surface area contributed by atoms with Gasteiger partial charge in [-0.2, -0.15) is 0 Å². The normalized spacial score (nSPS) is 24.7. The zero-order chi connectivity index (χ0) is 14.0. The van der Waals surface area contributed by atoms with Gasteiger partial charge in [0.05, 0.1) is 19.3 Å². The van der Waals surface area contributed by atoms with Gasteiger partial charge in [-0.15, -0.1) is 0 Å². The van der Waals surface area contributed by atoms with Crippen LogP contribution in [0.25, 0.3) is 0 Å². The van der Waals surface area contributed by atoms with Gasteiger partial charge in [0.1, 0.15) is 11.7 Å². The topological polar surface area (TPSA) is 77.0 Å². The van der Waals surface area contributed by atoms with Crippen LogP contribution >= 0.6 is 0 Å². The number of aliphatic hydroxyl groups is 1. The standard InChI is InChI=1S/C12H23NO5/c1-11(2,3)18-10(15)13-8(6-14)9-7-16-12(4,5)17-9/h8-9,14H,6-7H2,1-5H3,(H,13,15)/t8-,9-/m1/s1. The first-order chi connectivity index (χ1) is 8.13. The lowest BCUT2D eigenvalue weighted by Gasteiger charge is -2.26. The average Bonchev–Trinajstić information content (AvgIpc) is 2.52. The van der Waals surface area contributed by atoms with E-state index in [2.05, 4.69) is 5.32 Å². The third kappa shape index (κ3) is 4.80. The molecule has 1 rings (SSSR count). The van der Waals surface area contributed by atoms with Gasteiger partial charge in [0.15, 0.2) is 5.79 Å². The number of rotatable bonds is 3. The van der Waals surface area contributed by atoms with Gasteiger partial charge in [0.25, 0.3) is 0 Å². The SMILES string of the molecule is CC(C)(C)OC(=O)N[C@H](CO)[C@H]1COC(C)(C)O1. The predicted molar refractivity (Wildman–Crippen MR) is 65.1 cm³/mol. The molecule has 18 heavy (non-hydrogen) atoms. The average molecular weight is 261 g/mol. The van der Waals surface area contributed by atoms with Gasteiger partial charge in [-0.25, -0.2) is 4.79 Å². The minimum atomic E-state index is -0.687. The Morgan fingerprint density at radius 2 is 2.17 bits per heavy atom. The van der Waals surface area contributed by atoms with Crippen LogP contribution in [0.2, 0.25) is 0 Å². The smallest absolute Gasteiger partial charge is 0.408 e. The monoisotopic (exact) mass is 261 g/mol. The number of hydrogen-bond acceptors (Lipinski definition) is 5. The van der Waals surface area contributed by atoms with Crippen molar-refractivity contribution in [3.8, 4) is 0 Å². The molecule has 0 radical (unpaired) electrons. The molecule has 0 unspecified atom stereocenters. The molecule has 0 bridgehead atoms. The van der Waals surface area contributed by atoms with E-state index in [1.165, 1.54) is 0 Å². The summed E-state index contributed by atoms with van der Waals surface area (Å²) in [4.78, 5) is 11.6. The lowest BCUT2D eigenvalue weighted by atomic mass is 10.2. The fourth-order valence-electron chi connectivity index (χ4n) is 1.63. The summed E-state index contributed by atoms with van der Waals surface area (Å²) in [5, 5.41) is 11.9. The molecule has 1 amide bonds. The number of carbonyl (C=O) groups is 1. The van der Waals surface area contributed by atoms with Crippen LogP contribution in [0.5, 0.6) is 0 Å². The third-order valence-electron chi connectivity index (χ3n) is 2.38. The van der Waals surface area contributed by atoms with E-state index >= 15 is 0 Å². The maximum atomic E-state index is 11.6. The number of alkyl carbamates (subject to hydrolysis) is 1. The molecule has 0 aromatic heterocycles. The van der Waals surface area contributed by atoms with Gasteiger partial charge in [0.2, 0.25) is 0 Å². The van der Waals surface area contributed by atoms with Gasteiger partial charge >= 0.3 is 6.09 Å². The summed E-state index contributed by atoms with van der Waals surface area (Å²) in [7, 11) is 0. The summed E-state index contributed by atoms with van der Waals surface area (Å²) in [6.45, 7) is 9.00. The van der Waals surface area contributed by atoms with Crippen molar-refractivity contribution >= 4 is 6.09 Å². The Kier molecular flexibility index (Phi) is 4.58. The van der Waals surface area contributed by atoms with E-state index in [4.69, 9.17) is 14.2 Å². The quantitative estimate of drug-likeness (QED) is 0.793. The molecular weight excluding hydrogens is 238 g/mol. The Balaban J connectivity index is 2.50. The van der Waals surface area contributed by atoms with Crippen LogP contribution in [-0.4, -0.2) is 47.9 Å². The molecule has 6 nitrogen and oxygen atoms in total. The maximum absolute atomic E-state index is 11.6. The third-order valence-corrected chi connectivity index (χ3v) is 2.38. The lowest BCUT2D eigenvalue weighted by Crippen LogP contribution is -2.48. The molecule has 1 fully saturated rings. The van der Waals surface area contributed by atoms with Crippen molar-refractivity contribution in [1.82, 2.24) is 5.32 Å². The highest BCUT2D eigenvalue weighted by Gasteiger charge is 2.38. The molecule has 0 aromatic carbocycles. The Morgan fingerprint density at radius 3 is 2.56 bits per heavy atom. The highest BCUT2D eigenvalue weighted by Crippen LogP contribution is 2.24. The molecule has 2 atom stereocenters. The van der Waals surface area contributed by atoms with Crippen LogP contribution in [-0.2, 0) is 14.2 Å². The Morgan fingerprint density at radius 1 is 1.56 bits per heavy atom. The van der Waals surface area contributed by atoms with Crippen LogP contribution in [0.15, 0.2) is 0 Å². The number of hydrogen-bond donors (Lipinski definition) is 2. The number of nitrogens with one attached hydrogen (secondary N) is 1. The summed E-state index contributed by atoms with van der Waals surface area (Å²) in [5.41, 5.74) is -0.573. The minimum absolute atomic E-state index is 0.233. The number of carbonyl (C=O) groups excluding carboxylic acids is 1. The van der Waals surface area contributed by atoms with E-state index in [9.17, 15) is 9.90 Å². The van der Waals surface area contributed by atoms with Gasteiger partial charge in [-0.3, -0.25) is 0 Å². The van der Waals surface area contributed by atoms with E-state index in [-0.39, 0.29) is 12.7 Å². The van der Waals surface area contributed by atoms with Crippen molar-refractivity contribution in [2.75, 3.05) is 13.2 Å². The second kappa shape index (κ2) is 5.42. The number of aliphatic hydroxyl groups excluding tert-OH is 1. The minimum Gasteiger partial charge on any atom is -0.444 e. The van der Waals surface area contributed by atoms with E-state index in [1.807, 2.05) is 0 Å². The highest BCUT2D eigenvalue weighted by molar-refractivity contribution is 5.68. The molecule has 1 heterocycles. The van der Waals surface area contributed by atoms with Crippen molar-refractivity contribution in [2.24, 2.45) is 0 Å². The molecule has 106 valence electrons. The van der Waals surface area contributed by atoms with Crippen LogP contribution < -0.4 is 5.32 Å². The second-order valence-corrected chi connectivity index (χ2v) is 5.80.